The molecule has 2 rings (SSSR count). The van der Waals surface area contributed by atoms with Crippen LogP contribution in [-0.4, -0.2) is 36.2 Å². The second kappa shape index (κ2) is 3.98. The van der Waals surface area contributed by atoms with Gasteiger partial charge in [0.1, 0.15) is 0 Å². The molecule has 1 aliphatic rings. The van der Waals surface area contributed by atoms with Crippen molar-refractivity contribution in [2.24, 2.45) is 0 Å². The molecule has 0 unspecified atom stereocenters. The summed E-state index contributed by atoms with van der Waals surface area (Å²) in [5.74, 6) is 0.459. The monoisotopic (exact) mass is 196 g/mol. The molecule has 1 aliphatic heterocycles. The van der Waals surface area contributed by atoms with Gasteiger partial charge in [0.2, 0.25) is 5.88 Å². The number of nitrogens with zero attached hydrogens (tertiary/aromatic N) is 2. The Morgan fingerprint density at radius 1 is 1.50 bits per heavy atom. The van der Waals surface area contributed by atoms with Gasteiger partial charge in [-0.3, -0.25) is 4.90 Å². The first kappa shape index (κ1) is 9.48. The summed E-state index contributed by atoms with van der Waals surface area (Å²) in [7, 11) is 0. The third-order valence-electron chi connectivity index (χ3n) is 2.61. The Morgan fingerprint density at radius 3 is 2.79 bits per heavy atom. The molecule has 3 N–H and O–H groups in total. The van der Waals surface area contributed by atoms with Crippen LogP contribution in [0.1, 0.15) is 11.3 Å². The quantitative estimate of drug-likeness (QED) is 0.695. The number of hydrogen-bond donors (Lipinski definition) is 2. The minimum atomic E-state index is 0.459. The zero-order valence-corrected chi connectivity index (χ0v) is 8.42. The van der Waals surface area contributed by atoms with Gasteiger partial charge in [-0.05, 0) is 6.92 Å². The normalized spacial score (nSPS) is 18.6. The molecule has 1 saturated heterocycles. The Kier molecular flexibility index (Phi) is 2.69. The minimum Gasteiger partial charge on any atom is -0.367 e. The molecule has 0 bridgehead atoms. The van der Waals surface area contributed by atoms with Crippen LogP contribution in [0.2, 0.25) is 0 Å². The molecule has 0 amide bonds. The van der Waals surface area contributed by atoms with Crippen molar-refractivity contribution in [3.05, 3.63) is 11.3 Å². The van der Waals surface area contributed by atoms with Gasteiger partial charge in [0, 0.05) is 32.7 Å². The van der Waals surface area contributed by atoms with Gasteiger partial charge in [0.15, 0.2) is 0 Å². The van der Waals surface area contributed by atoms with Crippen molar-refractivity contribution in [1.29, 1.82) is 0 Å². The number of nitrogen functional groups attached to an aromatic ring is 1. The van der Waals surface area contributed by atoms with Crippen molar-refractivity contribution >= 4 is 5.88 Å². The molecule has 0 radical (unpaired) electrons. The molecule has 0 aliphatic carbocycles. The van der Waals surface area contributed by atoms with Gasteiger partial charge in [-0.1, -0.05) is 5.16 Å². The van der Waals surface area contributed by atoms with Crippen LogP contribution in [0.5, 0.6) is 0 Å². The summed E-state index contributed by atoms with van der Waals surface area (Å²) in [6, 6.07) is 0. The van der Waals surface area contributed by atoms with Crippen LogP contribution in [0.15, 0.2) is 4.52 Å². The summed E-state index contributed by atoms with van der Waals surface area (Å²) in [5.41, 5.74) is 7.62. The van der Waals surface area contributed by atoms with Crippen LogP contribution in [0.25, 0.3) is 0 Å². The lowest BCUT2D eigenvalue weighted by molar-refractivity contribution is 0.233. The van der Waals surface area contributed by atoms with E-state index < -0.39 is 0 Å². The molecular weight excluding hydrogens is 180 g/mol. The lowest BCUT2D eigenvalue weighted by Gasteiger charge is -2.26. The van der Waals surface area contributed by atoms with E-state index in [2.05, 4.69) is 15.4 Å². The minimum absolute atomic E-state index is 0.459. The summed E-state index contributed by atoms with van der Waals surface area (Å²) >= 11 is 0. The van der Waals surface area contributed by atoms with Crippen molar-refractivity contribution in [3.63, 3.8) is 0 Å². The predicted octanol–water partition coefficient (Wildman–Crippen LogP) is -0.0296. The fourth-order valence-corrected chi connectivity index (χ4v) is 1.69. The van der Waals surface area contributed by atoms with E-state index in [0.717, 1.165) is 44.0 Å². The maximum Gasteiger partial charge on any atom is 0.226 e. The van der Waals surface area contributed by atoms with Crippen LogP contribution in [0.3, 0.4) is 0 Å². The lowest BCUT2D eigenvalue weighted by atomic mass is 10.2. The van der Waals surface area contributed by atoms with Crippen LogP contribution >= 0.6 is 0 Å². The largest absolute Gasteiger partial charge is 0.367 e. The highest BCUT2D eigenvalue weighted by molar-refractivity contribution is 5.38. The molecule has 0 atom stereocenters. The van der Waals surface area contributed by atoms with E-state index in [4.69, 9.17) is 10.3 Å². The molecule has 0 aromatic carbocycles. The molecule has 2 heterocycles. The lowest BCUT2D eigenvalue weighted by Crippen LogP contribution is -2.43. The average molecular weight is 196 g/mol. The van der Waals surface area contributed by atoms with E-state index in [9.17, 15) is 0 Å². The molecule has 1 aromatic heterocycles. The number of nitrogens with two attached hydrogens (primary N) is 1. The molecular formula is C9H16N4O. The third kappa shape index (κ3) is 1.88. The van der Waals surface area contributed by atoms with Crippen molar-refractivity contribution in [2.45, 2.75) is 13.5 Å². The Labute approximate surface area is 83.2 Å². The van der Waals surface area contributed by atoms with Crippen LogP contribution < -0.4 is 11.1 Å². The van der Waals surface area contributed by atoms with E-state index in [1.807, 2.05) is 6.92 Å². The van der Waals surface area contributed by atoms with Crippen molar-refractivity contribution in [2.75, 3.05) is 31.9 Å². The Balaban J connectivity index is 2.02. The van der Waals surface area contributed by atoms with Crippen LogP contribution in [0, 0.1) is 6.92 Å². The van der Waals surface area contributed by atoms with Gasteiger partial charge in [0.25, 0.3) is 0 Å². The number of hydrogen-bond acceptors (Lipinski definition) is 5. The van der Waals surface area contributed by atoms with Crippen molar-refractivity contribution in [3.8, 4) is 0 Å². The van der Waals surface area contributed by atoms with Gasteiger partial charge in [-0.25, -0.2) is 0 Å². The fourth-order valence-electron chi connectivity index (χ4n) is 1.69. The summed E-state index contributed by atoms with van der Waals surface area (Å²) in [6.07, 6.45) is 0. The van der Waals surface area contributed by atoms with Crippen LogP contribution in [-0.2, 0) is 6.54 Å². The Bertz CT molecular complexity index is 284. The third-order valence-corrected chi connectivity index (χ3v) is 2.61. The summed E-state index contributed by atoms with van der Waals surface area (Å²) in [4.78, 5) is 2.35. The van der Waals surface area contributed by atoms with Gasteiger partial charge < -0.3 is 15.6 Å². The number of aryl methyl sites for hydroxylation is 1. The van der Waals surface area contributed by atoms with Gasteiger partial charge in [-0.2, -0.15) is 0 Å². The van der Waals surface area contributed by atoms with E-state index in [1.165, 1.54) is 0 Å². The number of anilines is 1. The van der Waals surface area contributed by atoms with E-state index in [-0.39, 0.29) is 0 Å². The van der Waals surface area contributed by atoms with Crippen LogP contribution in [0.4, 0.5) is 5.88 Å². The predicted molar refractivity (Wildman–Crippen MR) is 53.8 cm³/mol. The topological polar surface area (TPSA) is 67.3 Å². The number of rotatable bonds is 2. The van der Waals surface area contributed by atoms with Crippen molar-refractivity contribution < 1.29 is 4.52 Å². The first-order chi connectivity index (χ1) is 6.77. The molecule has 1 aromatic rings. The highest BCUT2D eigenvalue weighted by Crippen LogP contribution is 2.17. The fraction of sp³-hybridized carbons (Fsp3) is 0.667. The van der Waals surface area contributed by atoms with Gasteiger partial charge in [0.05, 0.1) is 11.3 Å². The summed E-state index contributed by atoms with van der Waals surface area (Å²) in [6.45, 7) is 6.99. The molecule has 0 saturated carbocycles. The summed E-state index contributed by atoms with van der Waals surface area (Å²) < 4.78 is 4.92. The first-order valence-corrected chi connectivity index (χ1v) is 4.91. The standard InChI is InChI=1S/C9H16N4O/c1-7-8(9(10)14-12-7)6-13-4-2-11-3-5-13/h11H,2-6,10H2,1H3. The maximum absolute atomic E-state index is 5.69. The van der Waals surface area contributed by atoms with Gasteiger partial charge in [-0.15, -0.1) is 0 Å². The zero-order chi connectivity index (χ0) is 9.97. The number of piperazine rings is 1. The Morgan fingerprint density at radius 2 is 2.21 bits per heavy atom. The van der Waals surface area contributed by atoms with E-state index in [0.29, 0.717) is 5.88 Å². The maximum atomic E-state index is 5.69. The average Bonchev–Trinajstić information content (AvgIpc) is 2.51. The van der Waals surface area contributed by atoms with E-state index >= 15 is 0 Å². The van der Waals surface area contributed by atoms with Crippen molar-refractivity contribution in [1.82, 2.24) is 15.4 Å². The second-order valence-electron chi connectivity index (χ2n) is 3.64. The molecule has 78 valence electrons. The van der Waals surface area contributed by atoms with E-state index in [1.54, 1.807) is 0 Å². The highest BCUT2D eigenvalue weighted by Gasteiger charge is 2.15. The molecule has 1 fully saturated rings. The molecule has 5 heteroatoms. The number of aromatic nitrogens is 1. The number of nitrogens with one attached hydrogen (secondary N) is 1. The SMILES string of the molecule is Cc1noc(N)c1CN1CCNCC1. The second-order valence-corrected chi connectivity index (χ2v) is 3.64. The zero-order valence-electron chi connectivity index (χ0n) is 8.42. The molecule has 14 heavy (non-hydrogen) atoms. The van der Waals surface area contributed by atoms with Gasteiger partial charge >= 0.3 is 0 Å². The first-order valence-electron chi connectivity index (χ1n) is 4.91. The highest BCUT2D eigenvalue weighted by atomic mass is 16.5. The molecule has 0 spiro atoms. The smallest absolute Gasteiger partial charge is 0.226 e. The summed E-state index contributed by atoms with van der Waals surface area (Å²) in [5, 5.41) is 7.15. The molecule has 5 nitrogen and oxygen atoms in total. The Hall–Kier alpha value is -1.07.